The van der Waals surface area contributed by atoms with Gasteiger partial charge in [-0.1, -0.05) is 0 Å². The van der Waals surface area contributed by atoms with Gasteiger partial charge in [-0.15, -0.1) is 0 Å². The quantitative estimate of drug-likeness (QED) is 0.611. The number of hydrogen-bond acceptors (Lipinski definition) is 4. The Kier molecular flexibility index (Phi) is 7.34. The first-order chi connectivity index (χ1) is 9.63. The van der Waals surface area contributed by atoms with Crippen LogP contribution in [0.4, 0.5) is 0 Å². The van der Waals surface area contributed by atoms with Crippen LogP contribution in [0.1, 0.15) is 30.1 Å². The zero-order valence-electron chi connectivity index (χ0n) is 11.4. The molecule has 1 aromatic rings. The number of likely N-dealkylation sites (N-methyl/N-ethyl adjacent to an activating group) is 1. The highest BCUT2D eigenvalue weighted by atomic mass is 32.1. The lowest BCUT2D eigenvalue weighted by Gasteiger charge is -2.06. The van der Waals surface area contributed by atoms with Gasteiger partial charge in [0.25, 0.3) is 5.91 Å². The van der Waals surface area contributed by atoms with Crippen molar-refractivity contribution >= 4 is 29.1 Å². The number of rotatable bonds is 8. The second-order valence-electron chi connectivity index (χ2n) is 4.10. The van der Waals surface area contributed by atoms with Gasteiger partial charge < -0.3 is 16.0 Å². The van der Waals surface area contributed by atoms with E-state index < -0.39 is 0 Å². The van der Waals surface area contributed by atoms with Crippen LogP contribution in [0.3, 0.4) is 0 Å². The number of hydrogen-bond donors (Lipinski definition) is 3. The molecule has 0 aliphatic carbocycles. The Hall–Kier alpha value is -1.89. The highest BCUT2D eigenvalue weighted by molar-refractivity contribution is 7.08. The fourth-order valence-corrected chi connectivity index (χ4v) is 2.11. The van der Waals surface area contributed by atoms with Crippen molar-refractivity contribution in [3.8, 4) is 0 Å². The van der Waals surface area contributed by atoms with Crippen molar-refractivity contribution in [3.05, 3.63) is 22.4 Å². The van der Waals surface area contributed by atoms with Gasteiger partial charge in [-0.25, -0.2) is 0 Å². The predicted molar refractivity (Wildman–Crippen MR) is 77.6 cm³/mol. The Balaban J connectivity index is 2.07. The molecule has 0 aromatic carbocycles. The van der Waals surface area contributed by atoms with E-state index in [-0.39, 0.29) is 30.7 Å². The summed E-state index contributed by atoms with van der Waals surface area (Å²) in [4.78, 5) is 34.1. The molecule has 0 fully saturated rings. The summed E-state index contributed by atoms with van der Waals surface area (Å²) in [5, 5.41) is 11.5. The Morgan fingerprint density at radius 1 is 1.15 bits per heavy atom. The molecule has 0 saturated carbocycles. The van der Waals surface area contributed by atoms with Gasteiger partial charge in [-0.2, -0.15) is 11.3 Å². The van der Waals surface area contributed by atoms with E-state index in [1.54, 1.807) is 11.4 Å². The van der Waals surface area contributed by atoms with Crippen LogP contribution in [-0.2, 0) is 9.59 Å². The molecule has 0 spiro atoms. The average Bonchev–Trinajstić information content (AvgIpc) is 2.95. The largest absolute Gasteiger partial charge is 0.355 e. The van der Waals surface area contributed by atoms with Gasteiger partial charge in [0.2, 0.25) is 11.8 Å². The highest BCUT2D eigenvalue weighted by Gasteiger charge is 2.06. The minimum Gasteiger partial charge on any atom is -0.355 e. The zero-order valence-corrected chi connectivity index (χ0v) is 12.2. The predicted octanol–water partition coefficient (Wildman–Crippen LogP) is 0.510. The third kappa shape index (κ3) is 6.33. The smallest absolute Gasteiger partial charge is 0.252 e. The Labute approximate surface area is 121 Å². The maximum Gasteiger partial charge on any atom is 0.252 e. The minimum atomic E-state index is -0.202. The third-order valence-electron chi connectivity index (χ3n) is 2.47. The van der Waals surface area contributed by atoms with Crippen molar-refractivity contribution in [3.63, 3.8) is 0 Å². The summed E-state index contributed by atoms with van der Waals surface area (Å²) in [5.74, 6) is -0.526. The van der Waals surface area contributed by atoms with Gasteiger partial charge >= 0.3 is 0 Å². The first-order valence-electron chi connectivity index (χ1n) is 6.47. The molecule has 1 heterocycles. The number of carbonyl (C=O) groups excluding carboxylic acids is 3. The standard InChI is InChI=1S/C13H19N3O3S/c1-2-14-12(18)8-16-11(17)4-3-6-15-13(19)10-5-7-20-9-10/h5,7,9H,2-4,6,8H2,1H3,(H,14,18)(H,15,19)(H,16,17). The molecule has 1 rings (SSSR count). The van der Waals surface area contributed by atoms with Crippen molar-refractivity contribution in [2.24, 2.45) is 0 Å². The maximum atomic E-state index is 11.6. The molecule has 7 heteroatoms. The molecule has 0 aliphatic heterocycles. The molecular formula is C13H19N3O3S. The van der Waals surface area contributed by atoms with Crippen LogP contribution >= 0.6 is 11.3 Å². The molecule has 6 nitrogen and oxygen atoms in total. The van der Waals surface area contributed by atoms with Crippen LogP contribution in [0.15, 0.2) is 16.8 Å². The third-order valence-corrected chi connectivity index (χ3v) is 3.15. The normalized spacial score (nSPS) is 9.85. The fraction of sp³-hybridized carbons (Fsp3) is 0.462. The SMILES string of the molecule is CCNC(=O)CNC(=O)CCCNC(=O)c1ccsc1. The molecule has 0 radical (unpaired) electrons. The summed E-state index contributed by atoms with van der Waals surface area (Å²) in [6, 6.07) is 1.75. The first-order valence-corrected chi connectivity index (χ1v) is 7.41. The van der Waals surface area contributed by atoms with E-state index in [1.807, 2.05) is 12.3 Å². The van der Waals surface area contributed by atoms with Gasteiger partial charge in [0, 0.05) is 30.5 Å². The Morgan fingerprint density at radius 3 is 2.60 bits per heavy atom. The van der Waals surface area contributed by atoms with E-state index in [2.05, 4.69) is 16.0 Å². The molecular weight excluding hydrogens is 278 g/mol. The van der Waals surface area contributed by atoms with Crippen LogP contribution in [0.25, 0.3) is 0 Å². The molecule has 1 aromatic heterocycles. The van der Waals surface area contributed by atoms with E-state index in [9.17, 15) is 14.4 Å². The van der Waals surface area contributed by atoms with E-state index >= 15 is 0 Å². The van der Waals surface area contributed by atoms with Crippen LogP contribution in [0, 0.1) is 0 Å². The summed E-state index contributed by atoms with van der Waals surface area (Å²) in [7, 11) is 0. The fourth-order valence-electron chi connectivity index (χ4n) is 1.47. The van der Waals surface area contributed by atoms with Gasteiger partial charge in [0.15, 0.2) is 0 Å². The van der Waals surface area contributed by atoms with Crippen molar-refractivity contribution < 1.29 is 14.4 Å². The lowest BCUT2D eigenvalue weighted by molar-refractivity contribution is -0.126. The van der Waals surface area contributed by atoms with Gasteiger partial charge in [0.05, 0.1) is 6.54 Å². The average molecular weight is 297 g/mol. The molecule has 0 unspecified atom stereocenters. The van der Waals surface area contributed by atoms with Crippen molar-refractivity contribution in [2.45, 2.75) is 19.8 Å². The summed E-state index contributed by atoms with van der Waals surface area (Å²) >= 11 is 1.46. The number of nitrogens with one attached hydrogen (secondary N) is 3. The Morgan fingerprint density at radius 2 is 1.95 bits per heavy atom. The molecule has 0 saturated heterocycles. The lowest BCUT2D eigenvalue weighted by Crippen LogP contribution is -2.37. The van der Waals surface area contributed by atoms with Gasteiger partial charge in [-0.3, -0.25) is 14.4 Å². The van der Waals surface area contributed by atoms with E-state index in [0.29, 0.717) is 25.1 Å². The van der Waals surface area contributed by atoms with Crippen molar-refractivity contribution in [2.75, 3.05) is 19.6 Å². The van der Waals surface area contributed by atoms with Crippen LogP contribution in [0.2, 0.25) is 0 Å². The zero-order chi connectivity index (χ0) is 14.8. The van der Waals surface area contributed by atoms with E-state index in [1.165, 1.54) is 11.3 Å². The number of thiophene rings is 1. The van der Waals surface area contributed by atoms with E-state index in [4.69, 9.17) is 0 Å². The second-order valence-corrected chi connectivity index (χ2v) is 4.88. The van der Waals surface area contributed by atoms with Gasteiger partial charge in [-0.05, 0) is 24.8 Å². The molecule has 20 heavy (non-hydrogen) atoms. The summed E-state index contributed by atoms with van der Waals surface area (Å²) in [6.07, 6.45) is 0.820. The number of carbonyl (C=O) groups is 3. The molecule has 0 atom stereocenters. The first kappa shape index (κ1) is 16.2. The molecule has 110 valence electrons. The van der Waals surface area contributed by atoms with Crippen molar-refractivity contribution in [1.82, 2.24) is 16.0 Å². The Bertz CT molecular complexity index is 446. The molecule has 3 N–H and O–H groups in total. The van der Waals surface area contributed by atoms with Crippen LogP contribution in [-0.4, -0.2) is 37.4 Å². The topological polar surface area (TPSA) is 87.3 Å². The summed E-state index contributed by atoms with van der Waals surface area (Å²) in [6.45, 7) is 2.79. The lowest BCUT2D eigenvalue weighted by atomic mass is 10.2. The van der Waals surface area contributed by atoms with Gasteiger partial charge in [0.1, 0.15) is 0 Å². The molecule has 0 aliphatic rings. The van der Waals surface area contributed by atoms with Crippen LogP contribution < -0.4 is 16.0 Å². The molecule has 0 bridgehead atoms. The second kappa shape index (κ2) is 9.08. The van der Waals surface area contributed by atoms with E-state index in [0.717, 1.165) is 0 Å². The van der Waals surface area contributed by atoms with Crippen molar-refractivity contribution in [1.29, 1.82) is 0 Å². The highest BCUT2D eigenvalue weighted by Crippen LogP contribution is 2.05. The minimum absolute atomic E-state index is 0.00602. The number of amides is 3. The maximum absolute atomic E-state index is 11.6. The summed E-state index contributed by atoms with van der Waals surface area (Å²) in [5.41, 5.74) is 0.635. The summed E-state index contributed by atoms with van der Waals surface area (Å²) < 4.78 is 0. The van der Waals surface area contributed by atoms with Crippen LogP contribution in [0.5, 0.6) is 0 Å². The monoisotopic (exact) mass is 297 g/mol. The molecule has 3 amide bonds.